The molecule has 0 atom stereocenters. The van der Waals surface area contributed by atoms with Gasteiger partial charge in [-0.25, -0.2) is 4.79 Å². The molecule has 0 saturated carbocycles. The molecule has 1 aromatic rings. The molecule has 28 heavy (non-hydrogen) atoms. The van der Waals surface area contributed by atoms with Gasteiger partial charge in [-0.3, -0.25) is 4.79 Å². The van der Waals surface area contributed by atoms with Gasteiger partial charge in [0.05, 0.1) is 13.7 Å². The zero-order valence-electron chi connectivity index (χ0n) is 17.2. The molecule has 1 saturated heterocycles. The van der Waals surface area contributed by atoms with E-state index in [2.05, 4.69) is 0 Å². The molecule has 7 nitrogen and oxygen atoms in total. The largest absolute Gasteiger partial charge is 0.497 e. The monoisotopic (exact) mass is 393 g/mol. The van der Waals surface area contributed by atoms with Gasteiger partial charge in [0.2, 0.25) is 0 Å². The number of ether oxygens (including phenoxy) is 4. The van der Waals surface area contributed by atoms with E-state index in [9.17, 15) is 9.59 Å². The summed E-state index contributed by atoms with van der Waals surface area (Å²) in [7, 11) is 1.61. The van der Waals surface area contributed by atoms with Crippen LogP contribution in [0.15, 0.2) is 24.3 Å². The van der Waals surface area contributed by atoms with Crippen molar-refractivity contribution >= 4 is 12.1 Å². The van der Waals surface area contributed by atoms with Gasteiger partial charge in [-0.05, 0) is 51.5 Å². The van der Waals surface area contributed by atoms with Crippen molar-refractivity contribution in [3.05, 3.63) is 24.3 Å². The predicted molar refractivity (Wildman–Crippen MR) is 105 cm³/mol. The quantitative estimate of drug-likeness (QED) is 0.518. The van der Waals surface area contributed by atoms with Crippen LogP contribution in [0.2, 0.25) is 0 Å². The van der Waals surface area contributed by atoms with Crippen LogP contribution in [-0.4, -0.2) is 55.5 Å². The van der Waals surface area contributed by atoms with Crippen LogP contribution in [0.5, 0.6) is 11.5 Å². The van der Waals surface area contributed by atoms with Crippen molar-refractivity contribution in [1.29, 1.82) is 0 Å². The van der Waals surface area contributed by atoms with Crippen LogP contribution >= 0.6 is 0 Å². The third kappa shape index (κ3) is 7.66. The minimum Gasteiger partial charge on any atom is -0.497 e. The van der Waals surface area contributed by atoms with E-state index in [0.29, 0.717) is 45.4 Å². The average Bonchev–Trinajstić information content (AvgIpc) is 2.65. The van der Waals surface area contributed by atoms with Crippen LogP contribution in [-0.2, 0) is 14.3 Å². The lowest BCUT2D eigenvalue weighted by molar-refractivity contribution is -0.151. The van der Waals surface area contributed by atoms with E-state index in [1.165, 1.54) is 0 Å². The van der Waals surface area contributed by atoms with Gasteiger partial charge >= 0.3 is 12.1 Å². The van der Waals surface area contributed by atoms with Gasteiger partial charge in [0.1, 0.15) is 23.2 Å². The second-order valence-corrected chi connectivity index (χ2v) is 7.78. The van der Waals surface area contributed by atoms with Crippen molar-refractivity contribution in [2.45, 2.75) is 58.2 Å². The number of hydrogen-bond donors (Lipinski definition) is 0. The first-order chi connectivity index (χ1) is 13.3. The van der Waals surface area contributed by atoms with E-state index in [0.717, 1.165) is 11.5 Å². The van der Waals surface area contributed by atoms with E-state index < -0.39 is 5.60 Å². The minimum absolute atomic E-state index is 0.145. The summed E-state index contributed by atoms with van der Waals surface area (Å²) in [6.07, 6.45) is 1.70. The van der Waals surface area contributed by atoms with Crippen LogP contribution in [0.25, 0.3) is 0 Å². The summed E-state index contributed by atoms with van der Waals surface area (Å²) in [5, 5.41) is 0. The molecule has 0 bridgehead atoms. The summed E-state index contributed by atoms with van der Waals surface area (Å²) < 4.78 is 21.6. The fraction of sp³-hybridized carbons (Fsp3) is 0.619. The maximum Gasteiger partial charge on any atom is 0.410 e. The lowest BCUT2D eigenvalue weighted by Gasteiger charge is -2.33. The van der Waals surface area contributed by atoms with Gasteiger partial charge in [0.15, 0.2) is 0 Å². The zero-order chi connectivity index (χ0) is 20.6. The van der Waals surface area contributed by atoms with Crippen molar-refractivity contribution in [2.24, 2.45) is 0 Å². The summed E-state index contributed by atoms with van der Waals surface area (Å²) in [6, 6.07) is 7.31. The standard InChI is InChI=1S/C21H31NO6/c1-21(2,3)28-20(24)22-13-11-18(12-14-22)27-19(23)6-5-15-26-17-9-7-16(25-4)8-10-17/h7-10,18H,5-6,11-15H2,1-4H3. The smallest absolute Gasteiger partial charge is 0.410 e. The number of benzene rings is 1. The maximum atomic E-state index is 12.0. The Balaban J connectivity index is 1.60. The van der Waals surface area contributed by atoms with Crippen LogP contribution in [0, 0.1) is 0 Å². The van der Waals surface area contributed by atoms with Crippen molar-refractivity contribution in [3.63, 3.8) is 0 Å². The van der Waals surface area contributed by atoms with Crippen LogP contribution < -0.4 is 9.47 Å². The third-order valence-electron chi connectivity index (χ3n) is 4.25. The zero-order valence-corrected chi connectivity index (χ0v) is 17.2. The molecular weight excluding hydrogens is 362 g/mol. The molecule has 0 spiro atoms. The number of carbonyl (C=O) groups is 2. The van der Waals surface area contributed by atoms with Gasteiger partial charge in [-0.15, -0.1) is 0 Å². The normalized spacial score (nSPS) is 15.1. The second kappa shape index (κ2) is 10.2. The number of amides is 1. The highest BCUT2D eigenvalue weighted by Gasteiger charge is 2.28. The average molecular weight is 393 g/mol. The molecule has 7 heteroatoms. The molecule has 0 N–H and O–H groups in total. The van der Waals surface area contributed by atoms with Gasteiger partial charge in [0, 0.05) is 32.4 Å². The number of hydrogen-bond acceptors (Lipinski definition) is 6. The van der Waals surface area contributed by atoms with Gasteiger partial charge < -0.3 is 23.8 Å². The number of esters is 1. The Labute approximate surface area is 166 Å². The molecule has 0 aromatic heterocycles. The van der Waals surface area contributed by atoms with Crippen molar-refractivity contribution in [2.75, 3.05) is 26.8 Å². The molecule has 0 aliphatic carbocycles. The number of methoxy groups -OCH3 is 1. The highest BCUT2D eigenvalue weighted by Crippen LogP contribution is 2.19. The summed E-state index contributed by atoms with van der Waals surface area (Å²) in [5.74, 6) is 1.28. The molecule has 2 rings (SSSR count). The molecule has 0 unspecified atom stereocenters. The Morgan fingerprint density at radius 2 is 1.68 bits per heavy atom. The molecule has 156 valence electrons. The minimum atomic E-state index is -0.506. The number of rotatable bonds is 7. The van der Waals surface area contributed by atoms with Gasteiger partial charge in [0.25, 0.3) is 0 Å². The summed E-state index contributed by atoms with van der Waals surface area (Å²) >= 11 is 0. The van der Waals surface area contributed by atoms with E-state index in [1.807, 2.05) is 45.0 Å². The maximum absolute atomic E-state index is 12.0. The summed E-state index contributed by atoms with van der Waals surface area (Å²) in [4.78, 5) is 25.7. The van der Waals surface area contributed by atoms with Crippen LogP contribution in [0.4, 0.5) is 4.79 Å². The lowest BCUT2D eigenvalue weighted by Crippen LogP contribution is -2.43. The molecule has 1 aromatic carbocycles. The fourth-order valence-electron chi connectivity index (χ4n) is 2.81. The first kappa shape index (κ1) is 21.9. The van der Waals surface area contributed by atoms with E-state index >= 15 is 0 Å². The number of carbonyl (C=O) groups excluding carboxylic acids is 2. The van der Waals surface area contributed by atoms with Crippen molar-refractivity contribution in [1.82, 2.24) is 4.90 Å². The van der Waals surface area contributed by atoms with Gasteiger partial charge in [-0.1, -0.05) is 0 Å². The summed E-state index contributed by atoms with van der Waals surface area (Å²) in [6.45, 7) is 7.05. The molecular formula is C21H31NO6. The molecule has 0 radical (unpaired) electrons. The first-order valence-electron chi connectivity index (χ1n) is 9.71. The third-order valence-corrected chi connectivity index (χ3v) is 4.25. The molecule has 1 aliphatic heterocycles. The van der Waals surface area contributed by atoms with E-state index in [1.54, 1.807) is 12.0 Å². The lowest BCUT2D eigenvalue weighted by atomic mass is 10.1. The Hall–Kier alpha value is -2.44. The van der Waals surface area contributed by atoms with Crippen molar-refractivity contribution in [3.8, 4) is 11.5 Å². The van der Waals surface area contributed by atoms with Crippen molar-refractivity contribution < 1.29 is 28.5 Å². The summed E-state index contributed by atoms with van der Waals surface area (Å²) in [5.41, 5.74) is -0.506. The van der Waals surface area contributed by atoms with Crippen LogP contribution in [0.3, 0.4) is 0 Å². The molecule has 1 amide bonds. The number of nitrogens with zero attached hydrogens (tertiary/aromatic N) is 1. The Kier molecular flexibility index (Phi) is 7.96. The molecule has 1 aliphatic rings. The second-order valence-electron chi connectivity index (χ2n) is 7.78. The number of piperidine rings is 1. The Bertz CT molecular complexity index is 629. The SMILES string of the molecule is COc1ccc(OCCCC(=O)OC2CCN(C(=O)OC(C)(C)C)CC2)cc1. The van der Waals surface area contributed by atoms with Gasteiger partial charge in [-0.2, -0.15) is 0 Å². The number of likely N-dealkylation sites (tertiary alicyclic amines) is 1. The highest BCUT2D eigenvalue weighted by molar-refractivity contribution is 5.70. The first-order valence-corrected chi connectivity index (χ1v) is 9.71. The Morgan fingerprint density at radius 1 is 1.07 bits per heavy atom. The molecule has 1 heterocycles. The topological polar surface area (TPSA) is 74.3 Å². The van der Waals surface area contributed by atoms with E-state index in [4.69, 9.17) is 18.9 Å². The fourth-order valence-corrected chi connectivity index (χ4v) is 2.81. The Morgan fingerprint density at radius 3 is 2.25 bits per heavy atom. The van der Waals surface area contributed by atoms with Crippen LogP contribution in [0.1, 0.15) is 46.5 Å². The highest BCUT2D eigenvalue weighted by atomic mass is 16.6. The van der Waals surface area contributed by atoms with E-state index in [-0.39, 0.29) is 18.2 Å². The molecule has 1 fully saturated rings. The predicted octanol–water partition coefficient (Wildman–Crippen LogP) is 3.80.